The molecule has 1 aromatic carbocycles. The summed E-state index contributed by atoms with van der Waals surface area (Å²) in [5.74, 6) is 0.266. The van der Waals surface area contributed by atoms with Crippen molar-refractivity contribution >= 4 is 6.29 Å². The van der Waals surface area contributed by atoms with Crippen LogP contribution in [0.15, 0.2) is 6.07 Å². The lowest BCUT2D eigenvalue weighted by Crippen LogP contribution is -2.44. The largest absolute Gasteiger partial charge is 0.496 e. The maximum absolute atomic E-state index is 11.4. The number of hydrogen-bond donors (Lipinski definition) is 2. The minimum absolute atomic E-state index is 0.291. The molecule has 0 spiro atoms. The van der Waals surface area contributed by atoms with Gasteiger partial charge in [-0.2, -0.15) is 0 Å². The lowest BCUT2D eigenvalue weighted by atomic mass is 9.72. The molecule has 2 atom stereocenters. The summed E-state index contributed by atoms with van der Waals surface area (Å²) in [5, 5.41) is 20.5. The molecule has 4 heteroatoms. The van der Waals surface area contributed by atoms with Gasteiger partial charge in [-0.25, -0.2) is 0 Å². The van der Waals surface area contributed by atoms with Gasteiger partial charge in [0.2, 0.25) is 0 Å². The summed E-state index contributed by atoms with van der Waals surface area (Å²) < 4.78 is 5.27. The van der Waals surface area contributed by atoms with Crippen LogP contribution in [0.2, 0.25) is 0 Å². The zero-order chi connectivity index (χ0) is 15.1. The molecule has 0 amide bonds. The first-order chi connectivity index (χ1) is 9.29. The smallest absolute Gasteiger partial charge is 0.154 e. The van der Waals surface area contributed by atoms with Crippen molar-refractivity contribution in [3.63, 3.8) is 0 Å². The molecule has 1 aromatic rings. The van der Waals surface area contributed by atoms with Gasteiger partial charge in [-0.3, -0.25) is 4.79 Å². The predicted molar refractivity (Wildman–Crippen MR) is 76.3 cm³/mol. The summed E-state index contributed by atoms with van der Waals surface area (Å²) >= 11 is 0. The first kappa shape index (κ1) is 15.0. The van der Waals surface area contributed by atoms with Crippen LogP contribution in [0.5, 0.6) is 5.75 Å². The van der Waals surface area contributed by atoms with E-state index in [0.29, 0.717) is 24.2 Å². The number of methoxy groups -OCH3 is 1. The van der Waals surface area contributed by atoms with Gasteiger partial charge in [-0.15, -0.1) is 0 Å². The SMILES string of the molecule is COc1cc(C)c2c(c1C=O)C[C@H](C(C)(C)O)[C@H](O)C2. The molecule has 2 rings (SSSR count). The number of benzene rings is 1. The fraction of sp³-hybridized carbons (Fsp3) is 0.562. The van der Waals surface area contributed by atoms with Crippen molar-refractivity contribution in [3.05, 3.63) is 28.3 Å². The average Bonchev–Trinajstić information content (AvgIpc) is 2.37. The van der Waals surface area contributed by atoms with Crippen LogP contribution in [-0.2, 0) is 12.8 Å². The average molecular weight is 278 g/mol. The Morgan fingerprint density at radius 2 is 2.00 bits per heavy atom. The van der Waals surface area contributed by atoms with E-state index in [-0.39, 0.29) is 5.92 Å². The number of carbonyl (C=O) groups is 1. The molecule has 0 saturated carbocycles. The second kappa shape index (κ2) is 5.19. The van der Waals surface area contributed by atoms with Crippen LogP contribution < -0.4 is 4.74 Å². The van der Waals surface area contributed by atoms with Gasteiger partial charge in [0, 0.05) is 5.92 Å². The van der Waals surface area contributed by atoms with Crippen molar-refractivity contribution in [2.24, 2.45) is 5.92 Å². The van der Waals surface area contributed by atoms with E-state index in [1.54, 1.807) is 21.0 Å². The number of rotatable bonds is 3. The van der Waals surface area contributed by atoms with Crippen LogP contribution >= 0.6 is 0 Å². The van der Waals surface area contributed by atoms with Crippen molar-refractivity contribution in [3.8, 4) is 5.75 Å². The number of carbonyl (C=O) groups excluding carboxylic acids is 1. The molecular weight excluding hydrogens is 256 g/mol. The Balaban J connectivity index is 2.58. The maximum atomic E-state index is 11.4. The second-order valence-electron chi connectivity index (χ2n) is 6.12. The van der Waals surface area contributed by atoms with E-state index in [4.69, 9.17) is 4.74 Å². The monoisotopic (exact) mass is 278 g/mol. The molecule has 1 aliphatic carbocycles. The molecular formula is C16H22O4. The minimum Gasteiger partial charge on any atom is -0.496 e. The number of aliphatic hydroxyl groups is 2. The first-order valence-corrected chi connectivity index (χ1v) is 6.84. The molecule has 4 nitrogen and oxygen atoms in total. The highest BCUT2D eigenvalue weighted by Gasteiger charge is 2.38. The molecule has 0 heterocycles. The van der Waals surface area contributed by atoms with Crippen molar-refractivity contribution in [2.75, 3.05) is 7.11 Å². The number of ether oxygens (including phenoxy) is 1. The lowest BCUT2D eigenvalue weighted by molar-refractivity contribution is -0.0501. The predicted octanol–water partition coefficient (Wildman–Crippen LogP) is 1.66. The molecule has 0 fully saturated rings. The van der Waals surface area contributed by atoms with Crippen molar-refractivity contribution < 1.29 is 19.7 Å². The standard InChI is InChI=1S/C16H22O4/c1-9-5-15(20-4)12(8-17)11-6-13(16(2,3)19)14(18)7-10(9)11/h5,8,13-14,18-19H,6-7H2,1-4H3/t13-,14+/m0/s1. The highest BCUT2D eigenvalue weighted by Crippen LogP contribution is 2.38. The Hall–Kier alpha value is -1.39. The third-order valence-electron chi connectivity index (χ3n) is 4.33. The Labute approximate surface area is 119 Å². The van der Waals surface area contributed by atoms with Crippen LogP contribution in [0, 0.1) is 12.8 Å². The molecule has 110 valence electrons. The van der Waals surface area contributed by atoms with Gasteiger partial charge in [-0.1, -0.05) is 0 Å². The highest BCUT2D eigenvalue weighted by molar-refractivity contribution is 5.83. The van der Waals surface area contributed by atoms with Gasteiger partial charge in [0.25, 0.3) is 0 Å². The number of aldehydes is 1. The first-order valence-electron chi connectivity index (χ1n) is 6.84. The summed E-state index contributed by atoms with van der Waals surface area (Å²) in [4.78, 5) is 11.4. The fourth-order valence-corrected chi connectivity index (χ4v) is 3.15. The van der Waals surface area contributed by atoms with E-state index in [0.717, 1.165) is 23.0 Å². The van der Waals surface area contributed by atoms with Crippen LogP contribution in [-0.4, -0.2) is 35.3 Å². The van der Waals surface area contributed by atoms with E-state index in [9.17, 15) is 15.0 Å². The molecule has 0 unspecified atom stereocenters. The summed E-state index contributed by atoms with van der Waals surface area (Å²) in [6.07, 6.45) is 1.14. The minimum atomic E-state index is -0.992. The van der Waals surface area contributed by atoms with E-state index in [1.807, 2.05) is 13.0 Å². The van der Waals surface area contributed by atoms with Crippen LogP contribution in [0.4, 0.5) is 0 Å². The van der Waals surface area contributed by atoms with Gasteiger partial charge in [0.1, 0.15) is 5.75 Å². The molecule has 20 heavy (non-hydrogen) atoms. The molecule has 0 bridgehead atoms. The molecule has 0 radical (unpaired) electrons. The van der Waals surface area contributed by atoms with Gasteiger partial charge < -0.3 is 14.9 Å². The van der Waals surface area contributed by atoms with Gasteiger partial charge in [-0.05, 0) is 56.4 Å². The Kier molecular flexibility index (Phi) is 3.89. The van der Waals surface area contributed by atoms with E-state index in [1.165, 1.54) is 0 Å². The van der Waals surface area contributed by atoms with Crippen LogP contribution in [0.3, 0.4) is 0 Å². The quantitative estimate of drug-likeness (QED) is 0.825. The zero-order valence-electron chi connectivity index (χ0n) is 12.4. The highest BCUT2D eigenvalue weighted by atomic mass is 16.5. The number of aryl methyl sites for hydroxylation is 1. The topological polar surface area (TPSA) is 66.8 Å². The second-order valence-corrected chi connectivity index (χ2v) is 6.12. The lowest BCUT2D eigenvalue weighted by Gasteiger charge is -2.38. The summed E-state index contributed by atoms with van der Waals surface area (Å²) in [7, 11) is 1.54. The third-order valence-corrected chi connectivity index (χ3v) is 4.33. The van der Waals surface area contributed by atoms with Crippen LogP contribution in [0.1, 0.15) is 40.9 Å². The summed E-state index contributed by atoms with van der Waals surface area (Å²) in [6.45, 7) is 5.34. The fourth-order valence-electron chi connectivity index (χ4n) is 3.15. The molecule has 2 N–H and O–H groups in total. The van der Waals surface area contributed by atoms with E-state index >= 15 is 0 Å². The van der Waals surface area contributed by atoms with E-state index < -0.39 is 11.7 Å². The van der Waals surface area contributed by atoms with Gasteiger partial charge in [0.05, 0.1) is 24.4 Å². The summed E-state index contributed by atoms with van der Waals surface area (Å²) in [5.41, 5.74) is 2.45. The van der Waals surface area contributed by atoms with Gasteiger partial charge in [0.15, 0.2) is 6.29 Å². The normalized spacial score (nSPS) is 22.3. The number of fused-ring (bicyclic) bond motifs is 1. The Morgan fingerprint density at radius 3 is 2.50 bits per heavy atom. The number of hydrogen-bond acceptors (Lipinski definition) is 4. The van der Waals surface area contributed by atoms with E-state index in [2.05, 4.69) is 0 Å². The molecule has 0 aromatic heterocycles. The van der Waals surface area contributed by atoms with Crippen LogP contribution in [0.25, 0.3) is 0 Å². The Morgan fingerprint density at radius 1 is 1.35 bits per heavy atom. The third kappa shape index (κ3) is 2.45. The molecule has 1 aliphatic rings. The van der Waals surface area contributed by atoms with Gasteiger partial charge >= 0.3 is 0 Å². The maximum Gasteiger partial charge on any atom is 0.154 e. The Bertz CT molecular complexity index is 528. The van der Waals surface area contributed by atoms with Crippen molar-refractivity contribution in [2.45, 2.75) is 45.3 Å². The zero-order valence-corrected chi connectivity index (χ0v) is 12.4. The molecule has 0 saturated heterocycles. The van der Waals surface area contributed by atoms with Crippen molar-refractivity contribution in [1.29, 1.82) is 0 Å². The number of aliphatic hydroxyl groups excluding tert-OH is 1. The summed E-state index contributed by atoms with van der Waals surface area (Å²) in [6, 6.07) is 1.83. The molecule has 0 aliphatic heterocycles. The van der Waals surface area contributed by atoms with Crippen molar-refractivity contribution in [1.82, 2.24) is 0 Å².